The average Bonchev–Trinajstić information content (AvgIpc) is 3.23. The van der Waals surface area contributed by atoms with Crippen molar-refractivity contribution in [3.63, 3.8) is 0 Å². The predicted molar refractivity (Wildman–Crippen MR) is 93.4 cm³/mol. The average molecular weight is 363 g/mol. The number of benzene rings is 1. The molecule has 1 aliphatic heterocycles. The highest BCUT2D eigenvalue weighted by molar-refractivity contribution is 7.91. The molecule has 0 spiro atoms. The lowest BCUT2D eigenvalue weighted by Crippen LogP contribution is -2.43. The minimum Gasteiger partial charge on any atom is -0.497 e. The van der Waals surface area contributed by atoms with Gasteiger partial charge in [0.05, 0.1) is 31.3 Å². The Kier molecular flexibility index (Phi) is 3.98. The molecule has 1 amide bonds. The van der Waals surface area contributed by atoms with Gasteiger partial charge in [0, 0.05) is 29.1 Å². The quantitative estimate of drug-likeness (QED) is 0.814. The third kappa shape index (κ3) is 3.25. The van der Waals surface area contributed by atoms with Crippen LogP contribution in [0.2, 0.25) is 0 Å². The number of rotatable bonds is 5. The molecule has 2 fully saturated rings. The van der Waals surface area contributed by atoms with E-state index in [-0.39, 0.29) is 35.9 Å². The summed E-state index contributed by atoms with van der Waals surface area (Å²) in [6.45, 7) is 0. The molecule has 6 nitrogen and oxygen atoms in total. The number of carbonyl (C=O) groups excluding carboxylic acids is 1. The van der Waals surface area contributed by atoms with Gasteiger partial charge >= 0.3 is 0 Å². The fourth-order valence-electron chi connectivity index (χ4n) is 3.63. The zero-order valence-electron chi connectivity index (χ0n) is 14.1. The Balaban J connectivity index is 1.56. The molecule has 2 aromatic rings. The number of sulfone groups is 1. The molecule has 1 aliphatic carbocycles. The molecule has 0 N–H and O–H groups in total. The van der Waals surface area contributed by atoms with Crippen LogP contribution in [0, 0.1) is 0 Å². The van der Waals surface area contributed by atoms with Crippen molar-refractivity contribution in [2.45, 2.75) is 37.8 Å². The van der Waals surface area contributed by atoms with Crippen molar-refractivity contribution in [2.24, 2.45) is 0 Å². The Bertz CT molecular complexity index is 913. The van der Waals surface area contributed by atoms with Crippen molar-refractivity contribution in [1.29, 1.82) is 0 Å². The van der Waals surface area contributed by atoms with E-state index in [0.29, 0.717) is 17.8 Å². The summed E-state index contributed by atoms with van der Waals surface area (Å²) in [5.74, 6) is 0.972. The van der Waals surface area contributed by atoms with E-state index < -0.39 is 9.84 Å². The van der Waals surface area contributed by atoms with E-state index >= 15 is 0 Å². The maximum atomic E-state index is 12.9. The van der Waals surface area contributed by atoms with E-state index in [4.69, 9.17) is 9.15 Å². The normalized spacial score (nSPS) is 22.2. The van der Waals surface area contributed by atoms with E-state index in [1.165, 1.54) is 0 Å². The van der Waals surface area contributed by atoms with Gasteiger partial charge in [0.25, 0.3) is 0 Å². The molecule has 25 heavy (non-hydrogen) atoms. The SMILES string of the molecule is COc1ccc2c(CC(=O)N(C3CC3)C3CCS(=O)(=O)C3)coc2c1. The Morgan fingerprint density at radius 2 is 2.08 bits per heavy atom. The number of amides is 1. The highest BCUT2D eigenvalue weighted by Gasteiger charge is 2.42. The van der Waals surface area contributed by atoms with Crippen molar-refractivity contribution >= 4 is 26.7 Å². The summed E-state index contributed by atoms with van der Waals surface area (Å²) >= 11 is 0. The minimum absolute atomic E-state index is 0.0110. The van der Waals surface area contributed by atoms with Gasteiger partial charge in [-0.1, -0.05) is 0 Å². The fraction of sp³-hybridized carbons (Fsp3) is 0.500. The van der Waals surface area contributed by atoms with E-state index in [2.05, 4.69) is 0 Å². The first kappa shape index (κ1) is 16.4. The fourth-order valence-corrected chi connectivity index (χ4v) is 5.35. The molecule has 0 bridgehead atoms. The van der Waals surface area contributed by atoms with Crippen LogP contribution in [-0.2, 0) is 21.1 Å². The lowest BCUT2D eigenvalue weighted by Gasteiger charge is -2.28. The van der Waals surface area contributed by atoms with Crippen LogP contribution in [0.25, 0.3) is 11.0 Å². The number of carbonyl (C=O) groups is 1. The Morgan fingerprint density at radius 1 is 1.28 bits per heavy atom. The number of hydrogen-bond donors (Lipinski definition) is 0. The van der Waals surface area contributed by atoms with Crippen LogP contribution >= 0.6 is 0 Å². The third-order valence-electron chi connectivity index (χ3n) is 5.03. The maximum absolute atomic E-state index is 12.9. The molecule has 1 saturated heterocycles. The first-order valence-corrected chi connectivity index (χ1v) is 10.3. The summed E-state index contributed by atoms with van der Waals surface area (Å²) < 4.78 is 34.3. The van der Waals surface area contributed by atoms with Crippen LogP contribution in [0.5, 0.6) is 5.75 Å². The minimum atomic E-state index is -3.01. The zero-order valence-corrected chi connectivity index (χ0v) is 14.9. The molecule has 7 heteroatoms. The molecule has 2 aliphatic rings. The smallest absolute Gasteiger partial charge is 0.227 e. The summed E-state index contributed by atoms with van der Waals surface area (Å²) in [6, 6.07) is 5.55. The van der Waals surface area contributed by atoms with E-state index in [1.807, 2.05) is 17.0 Å². The largest absolute Gasteiger partial charge is 0.497 e. The van der Waals surface area contributed by atoms with Crippen LogP contribution in [0.15, 0.2) is 28.9 Å². The van der Waals surface area contributed by atoms with Crippen LogP contribution in [0.3, 0.4) is 0 Å². The van der Waals surface area contributed by atoms with Gasteiger partial charge in [0.2, 0.25) is 5.91 Å². The molecular formula is C18H21NO5S. The Labute approximate surface area is 146 Å². The molecule has 1 unspecified atom stereocenters. The molecule has 2 heterocycles. The standard InChI is InChI=1S/C18H21NO5S/c1-23-15-4-5-16-12(10-24-17(16)9-15)8-18(20)19(13-2-3-13)14-6-7-25(21,22)11-14/h4-5,9-10,13-14H,2-3,6-8,11H2,1H3. The van der Waals surface area contributed by atoms with Crippen molar-refractivity contribution in [1.82, 2.24) is 4.90 Å². The van der Waals surface area contributed by atoms with Gasteiger partial charge in [-0.3, -0.25) is 4.79 Å². The molecule has 1 saturated carbocycles. The molecule has 1 aromatic heterocycles. The molecule has 134 valence electrons. The third-order valence-corrected chi connectivity index (χ3v) is 6.78. The highest BCUT2D eigenvalue weighted by atomic mass is 32.2. The van der Waals surface area contributed by atoms with Crippen LogP contribution in [0.1, 0.15) is 24.8 Å². The molecule has 1 aromatic carbocycles. The molecule has 4 rings (SSSR count). The van der Waals surface area contributed by atoms with Gasteiger partial charge in [0.15, 0.2) is 9.84 Å². The molecule has 1 atom stereocenters. The first-order chi connectivity index (χ1) is 12.0. The second-order valence-corrected chi connectivity index (χ2v) is 9.12. The van der Waals surface area contributed by atoms with Crippen LogP contribution < -0.4 is 4.74 Å². The number of ether oxygens (including phenoxy) is 1. The van der Waals surface area contributed by atoms with Gasteiger partial charge in [-0.2, -0.15) is 0 Å². The second-order valence-electron chi connectivity index (χ2n) is 6.89. The van der Waals surface area contributed by atoms with Crippen LogP contribution in [0.4, 0.5) is 0 Å². The van der Waals surface area contributed by atoms with Crippen LogP contribution in [-0.4, -0.2) is 49.9 Å². The topological polar surface area (TPSA) is 76.8 Å². The first-order valence-electron chi connectivity index (χ1n) is 8.52. The van der Waals surface area contributed by atoms with Gasteiger partial charge in [-0.25, -0.2) is 8.42 Å². The predicted octanol–water partition coefficient (Wildman–Crippen LogP) is 2.16. The number of fused-ring (bicyclic) bond motifs is 1. The molecular weight excluding hydrogens is 342 g/mol. The summed E-state index contributed by atoms with van der Waals surface area (Å²) in [7, 11) is -1.42. The van der Waals surface area contributed by atoms with Crippen molar-refractivity contribution in [2.75, 3.05) is 18.6 Å². The monoisotopic (exact) mass is 363 g/mol. The Morgan fingerprint density at radius 3 is 2.72 bits per heavy atom. The highest BCUT2D eigenvalue weighted by Crippen LogP contribution is 2.33. The number of furan rings is 1. The van der Waals surface area contributed by atoms with Gasteiger partial charge in [-0.05, 0) is 31.4 Å². The van der Waals surface area contributed by atoms with Gasteiger partial charge < -0.3 is 14.1 Å². The lowest BCUT2D eigenvalue weighted by atomic mass is 10.1. The van der Waals surface area contributed by atoms with Gasteiger partial charge in [-0.15, -0.1) is 0 Å². The maximum Gasteiger partial charge on any atom is 0.227 e. The second kappa shape index (κ2) is 6.05. The summed E-state index contributed by atoms with van der Waals surface area (Å²) in [4.78, 5) is 14.7. The van der Waals surface area contributed by atoms with Gasteiger partial charge in [0.1, 0.15) is 11.3 Å². The summed E-state index contributed by atoms with van der Waals surface area (Å²) in [5.41, 5.74) is 1.51. The number of nitrogens with zero attached hydrogens (tertiary/aromatic N) is 1. The van der Waals surface area contributed by atoms with E-state index in [9.17, 15) is 13.2 Å². The lowest BCUT2D eigenvalue weighted by molar-refractivity contribution is -0.133. The Hall–Kier alpha value is -2.02. The van der Waals surface area contributed by atoms with E-state index in [0.717, 1.165) is 23.8 Å². The number of hydrogen-bond acceptors (Lipinski definition) is 5. The van der Waals surface area contributed by atoms with Crippen molar-refractivity contribution in [3.8, 4) is 5.75 Å². The summed E-state index contributed by atoms with van der Waals surface area (Å²) in [6.07, 6.45) is 4.32. The summed E-state index contributed by atoms with van der Waals surface area (Å²) in [5, 5.41) is 0.893. The van der Waals surface area contributed by atoms with Crippen molar-refractivity contribution in [3.05, 3.63) is 30.0 Å². The number of methoxy groups -OCH3 is 1. The van der Waals surface area contributed by atoms with Crippen molar-refractivity contribution < 1.29 is 22.4 Å². The molecule has 0 radical (unpaired) electrons. The zero-order chi connectivity index (χ0) is 17.6. The van der Waals surface area contributed by atoms with E-state index in [1.54, 1.807) is 19.4 Å².